The number of amides is 2. The molecule has 0 unspecified atom stereocenters. The number of carboxylic acids is 1. The average Bonchev–Trinajstić information content (AvgIpc) is 2.35. The lowest BCUT2D eigenvalue weighted by molar-refractivity contribution is -0.138. The Bertz CT molecular complexity index is 272. The van der Waals surface area contributed by atoms with Crippen molar-refractivity contribution in [2.45, 2.75) is 59.4 Å². The smallest absolute Gasteiger partial charge is 0.323 e. The Morgan fingerprint density at radius 2 is 1.53 bits per heavy atom. The molecule has 0 fully saturated rings. The van der Waals surface area contributed by atoms with Crippen LogP contribution in [0.4, 0.5) is 4.79 Å². The van der Waals surface area contributed by atoms with E-state index in [0.29, 0.717) is 13.1 Å². The van der Waals surface area contributed by atoms with Gasteiger partial charge in [0.25, 0.3) is 0 Å². The van der Waals surface area contributed by atoms with E-state index in [9.17, 15) is 9.59 Å². The first-order chi connectivity index (χ1) is 8.93. The highest BCUT2D eigenvalue weighted by molar-refractivity contribution is 5.80. The lowest BCUT2D eigenvalue weighted by atomic mass is 10.2. The Labute approximate surface area is 116 Å². The molecular formula is C14H28N2O3. The second-order valence-electron chi connectivity index (χ2n) is 5.09. The molecule has 2 amide bonds. The molecule has 1 N–H and O–H groups in total. The van der Waals surface area contributed by atoms with Gasteiger partial charge in [-0.2, -0.15) is 0 Å². The van der Waals surface area contributed by atoms with Crippen molar-refractivity contribution in [3.05, 3.63) is 0 Å². The molecule has 0 saturated heterocycles. The van der Waals surface area contributed by atoms with E-state index < -0.39 is 5.97 Å². The number of aliphatic carboxylic acids is 1. The molecule has 112 valence electrons. The maximum Gasteiger partial charge on any atom is 0.323 e. The normalized spacial score (nSPS) is 10.6. The first-order valence-electron chi connectivity index (χ1n) is 7.21. The number of hydrogen-bond donors (Lipinski definition) is 1. The molecule has 0 aliphatic heterocycles. The topological polar surface area (TPSA) is 60.9 Å². The molecule has 0 spiro atoms. The minimum Gasteiger partial charge on any atom is -0.480 e. The van der Waals surface area contributed by atoms with Gasteiger partial charge in [0.05, 0.1) is 0 Å². The number of nitrogens with zero attached hydrogens (tertiary/aromatic N) is 2. The Hall–Kier alpha value is -1.26. The van der Waals surface area contributed by atoms with Gasteiger partial charge in [-0.25, -0.2) is 4.79 Å². The van der Waals surface area contributed by atoms with Crippen LogP contribution in [0.2, 0.25) is 0 Å². The molecule has 0 radical (unpaired) electrons. The van der Waals surface area contributed by atoms with E-state index >= 15 is 0 Å². The van der Waals surface area contributed by atoms with Crippen LogP contribution in [0.3, 0.4) is 0 Å². The number of hydrogen-bond acceptors (Lipinski definition) is 2. The van der Waals surface area contributed by atoms with Gasteiger partial charge in [0.2, 0.25) is 0 Å². The average molecular weight is 272 g/mol. The molecule has 0 atom stereocenters. The minimum absolute atomic E-state index is 0.102. The predicted octanol–water partition coefficient (Wildman–Crippen LogP) is 2.80. The summed E-state index contributed by atoms with van der Waals surface area (Å²) >= 11 is 0. The summed E-state index contributed by atoms with van der Waals surface area (Å²) in [4.78, 5) is 26.5. The molecular weight excluding hydrogens is 244 g/mol. The summed E-state index contributed by atoms with van der Waals surface area (Å²) < 4.78 is 0. The largest absolute Gasteiger partial charge is 0.480 e. The number of carbonyl (C=O) groups is 2. The van der Waals surface area contributed by atoms with Crippen LogP contribution in [0.1, 0.15) is 53.4 Å². The van der Waals surface area contributed by atoms with Crippen LogP contribution in [0, 0.1) is 0 Å². The Morgan fingerprint density at radius 1 is 1.05 bits per heavy atom. The second kappa shape index (κ2) is 9.64. The summed E-state index contributed by atoms with van der Waals surface area (Å²) in [6.45, 7) is 9.04. The van der Waals surface area contributed by atoms with Gasteiger partial charge in [-0.05, 0) is 26.7 Å². The zero-order chi connectivity index (χ0) is 14.8. The van der Waals surface area contributed by atoms with Crippen molar-refractivity contribution in [2.75, 3.05) is 19.6 Å². The SMILES string of the molecule is CCCCN(CCCC)C(=O)N(CC(=O)O)C(C)C. The molecule has 0 heterocycles. The molecule has 0 aliphatic rings. The summed E-state index contributed by atoms with van der Waals surface area (Å²) in [7, 11) is 0. The van der Waals surface area contributed by atoms with E-state index in [1.54, 1.807) is 4.90 Å². The van der Waals surface area contributed by atoms with Gasteiger partial charge in [0.1, 0.15) is 6.54 Å². The Morgan fingerprint density at radius 3 is 1.84 bits per heavy atom. The van der Waals surface area contributed by atoms with Gasteiger partial charge in [0.15, 0.2) is 0 Å². The fourth-order valence-corrected chi connectivity index (χ4v) is 1.80. The minimum atomic E-state index is -0.965. The van der Waals surface area contributed by atoms with Crippen LogP contribution < -0.4 is 0 Å². The van der Waals surface area contributed by atoms with Crippen molar-refractivity contribution < 1.29 is 14.7 Å². The summed E-state index contributed by atoms with van der Waals surface area (Å²) in [5.41, 5.74) is 0. The predicted molar refractivity (Wildman–Crippen MR) is 76.3 cm³/mol. The maximum atomic E-state index is 12.4. The number of unbranched alkanes of at least 4 members (excludes halogenated alkanes) is 2. The second-order valence-corrected chi connectivity index (χ2v) is 5.09. The summed E-state index contributed by atoms with van der Waals surface area (Å²) in [5, 5.41) is 8.90. The van der Waals surface area contributed by atoms with E-state index in [0.717, 1.165) is 25.7 Å². The van der Waals surface area contributed by atoms with Crippen molar-refractivity contribution >= 4 is 12.0 Å². The fraction of sp³-hybridized carbons (Fsp3) is 0.857. The van der Waals surface area contributed by atoms with Gasteiger partial charge >= 0.3 is 12.0 Å². The Kier molecular flexibility index (Phi) is 9.00. The summed E-state index contributed by atoms with van der Waals surface area (Å²) in [6, 6.07) is -0.256. The molecule has 0 aromatic heterocycles. The van der Waals surface area contributed by atoms with Crippen molar-refractivity contribution in [1.82, 2.24) is 9.80 Å². The highest BCUT2D eigenvalue weighted by Crippen LogP contribution is 2.08. The van der Waals surface area contributed by atoms with Crippen molar-refractivity contribution in [3.8, 4) is 0 Å². The number of carbonyl (C=O) groups excluding carboxylic acids is 1. The third kappa shape index (κ3) is 7.03. The molecule has 0 aliphatic carbocycles. The quantitative estimate of drug-likeness (QED) is 0.702. The molecule has 5 nitrogen and oxygen atoms in total. The summed E-state index contributed by atoms with van der Waals surface area (Å²) in [6.07, 6.45) is 3.95. The third-order valence-corrected chi connectivity index (χ3v) is 3.01. The highest BCUT2D eigenvalue weighted by atomic mass is 16.4. The lowest BCUT2D eigenvalue weighted by Crippen LogP contribution is -2.49. The van der Waals surface area contributed by atoms with E-state index in [2.05, 4.69) is 13.8 Å². The first kappa shape index (κ1) is 17.7. The van der Waals surface area contributed by atoms with E-state index in [1.807, 2.05) is 13.8 Å². The van der Waals surface area contributed by atoms with E-state index in [4.69, 9.17) is 5.11 Å². The maximum absolute atomic E-state index is 12.4. The van der Waals surface area contributed by atoms with Crippen LogP contribution in [0.15, 0.2) is 0 Å². The number of carboxylic acid groups (broad SMARTS) is 1. The standard InChI is InChI=1S/C14H28N2O3/c1-5-7-9-15(10-8-6-2)14(19)16(12(3)4)11-13(17)18/h12H,5-11H2,1-4H3,(H,17,18). The molecule has 19 heavy (non-hydrogen) atoms. The molecule has 5 heteroatoms. The van der Waals surface area contributed by atoms with E-state index in [1.165, 1.54) is 4.90 Å². The number of urea groups is 1. The molecule has 0 bridgehead atoms. The molecule has 0 aromatic rings. The Balaban J connectivity index is 4.73. The fourth-order valence-electron chi connectivity index (χ4n) is 1.80. The van der Waals surface area contributed by atoms with Gasteiger partial charge in [-0.3, -0.25) is 4.79 Å². The number of rotatable bonds is 9. The van der Waals surface area contributed by atoms with Crippen LogP contribution >= 0.6 is 0 Å². The zero-order valence-electron chi connectivity index (χ0n) is 12.7. The van der Waals surface area contributed by atoms with Crippen molar-refractivity contribution in [1.29, 1.82) is 0 Å². The third-order valence-electron chi connectivity index (χ3n) is 3.01. The van der Waals surface area contributed by atoms with Crippen LogP contribution in [0.5, 0.6) is 0 Å². The van der Waals surface area contributed by atoms with Crippen LogP contribution in [-0.4, -0.2) is 52.6 Å². The molecule has 0 rings (SSSR count). The molecule has 0 saturated carbocycles. The van der Waals surface area contributed by atoms with Gasteiger partial charge in [0, 0.05) is 19.1 Å². The van der Waals surface area contributed by atoms with Crippen LogP contribution in [-0.2, 0) is 4.79 Å². The zero-order valence-corrected chi connectivity index (χ0v) is 12.7. The highest BCUT2D eigenvalue weighted by Gasteiger charge is 2.24. The molecule has 0 aromatic carbocycles. The lowest BCUT2D eigenvalue weighted by Gasteiger charge is -2.32. The van der Waals surface area contributed by atoms with Gasteiger partial charge in [-0.1, -0.05) is 26.7 Å². The van der Waals surface area contributed by atoms with Crippen molar-refractivity contribution in [2.24, 2.45) is 0 Å². The van der Waals surface area contributed by atoms with E-state index in [-0.39, 0.29) is 18.6 Å². The van der Waals surface area contributed by atoms with Gasteiger partial charge < -0.3 is 14.9 Å². The monoisotopic (exact) mass is 272 g/mol. The summed E-state index contributed by atoms with van der Waals surface area (Å²) in [5.74, 6) is -0.965. The van der Waals surface area contributed by atoms with Crippen molar-refractivity contribution in [3.63, 3.8) is 0 Å². The van der Waals surface area contributed by atoms with Crippen LogP contribution in [0.25, 0.3) is 0 Å². The van der Waals surface area contributed by atoms with Gasteiger partial charge in [-0.15, -0.1) is 0 Å². The first-order valence-corrected chi connectivity index (χ1v) is 7.21.